The Kier molecular flexibility index (Phi) is 3.55. The van der Waals surface area contributed by atoms with Crippen molar-refractivity contribution in [3.8, 4) is 0 Å². The molecule has 0 amide bonds. The molecule has 0 saturated carbocycles. The molecular weight excluding hydrogens is 284 g/mol. The van der Waals surface area contributed by atoms with E-state index >= 15 is 0 Å². The van der Waals surface area contributed by atoms with Gasteiger partial charge in [0.15, 0.2) is 0 Å². The Hall–Kier alpha value is -0.540. The lowest BCUT2D eigenvalue weighted by atomic mass is 10.1. The summed E-state index contributed by atoms with van der Waals surface area (Å²) in [5, 5.41) is 0. The summed E-state index contributed by atoms with van der Waals surface area (Å²) < 4.78 is 5.56. The molecule has 2 heterocycles. The summed E-state index contributed by atoms with van der Waals surface area (Å²) >= 11 is 5.62. The molecule has 0 fully saturated rings. The van der Waals surface area contributed by atoms with Crippen LogP contribution in [0.3, 0.4) is 0 Å². The van der Waals surface area contributed by atoms with E-state index in [0.29, 0.717) is 0 Å². The van der Waals surface area contributed by atoms with Crippen LogP contribution in [0.4, 0.5) is 0 Å². The number of alkyl halides is 1. The monoisotopic (exact) mass is 298 g/mol. The molecule has 0 aliphatic rings. The van der Waals surface area contributed by atoms with E-state index in [1.165, 1.54) is 15.3 Å². The van der Waals surface area contributed by atoms with E-state index in [9.17, 15) is 0 Å². The second-order valence-corrected chi connectivity index (χ2v) is 6.00. The SMILES string of the molecule is CCc1ccc(C(Br)c2cc(C)oc2C)s1. The number of rotatable bonds is 3. The van der Waals surface area contributed by atoms with E-state index in [-0.39, 0.29) is 4.83 Å². The van der Waals surface area contributed by atoms with Crippen molar-refractivity contribution in [3.63, 3.8) is 0 Å². The summed E-state index contributed by atoms with van der Waals surface area (Å²) in [6, 6.07) is 6.52. The van der Waals surface area contributed by atoms with Gasteiger partial charge in [0.05, 0.1) is 4.83 Å². The molecule has 0 aromatic carbocycles. The number of furan rings is 1. The molecule has 0 N–H and O–H groups in total. The van der Waals surface area contributed by atoms with Crippen LogP contribution in [0, 0.1) is 13.8 Å². The van der Waals surface area contributed by atoms with Gasteiger partial charge in [-0.05, 0) is 38.5 Å². The fourth-order valence-corrected chi connectivity index (χ4v) is 3.61. The molecule has 0 radical (unpaired) electrons. The van der Waals surface area contributed by atoms with Gasteiger partial charge in [-0.1, -0.05) is 22.9 Å². The van der Waals surface area contributed by atoms with Crippen molar-refractivity contribution in [1.82, 2.24) is 0 Å². The molecule has 0 saturated heterocycles. The number of aryl methyl sites for hydroxylation is 3. The topological polar surface area (TPSA) is 13.1 Å². The van der Waals surface area contributed by atoms with E-state index in [2.05, 4.69) is 41.1 Å². The molecule has 2 aromatic heterocycles. The van der Waals surface area contributed by atoms with Crippen LogP contribution in [-0.4, -0.2) is 0 Å². The average Bonchev–Trinajstić information content (AvgIpc) is 2.84. The van der Waals surface area contributed by atoms with Crippen molar-refractivity contribution in [1.29, 1.82) is 0 Å². The predicted molar refractivity (Wildman–Crippen MR) is 72.6 cm³/mol. The van der Waals surface area contributed by atoms with Crippen molar-refractivity contribution in [2.45, 2.75) is 32.0 Å². The van der Waals surface area contributed by atoms with Gasteiger partial charge in [-0.15, -0.1) is 11.3 Å². The average molecular weight is 299 g/mol. The smallest absolute Gasteiger partial charge is 0.105 e. The van der Waals surface area contributed by atoms with Gasteiger partial charge < -0.3 is 4.42 Å². The summed E-state index contributed by atoms with van der Waals surface area (Å²) in [5.74, 6) is 1.98. The lowest BCUT2D eigenvalue weighted by Crippen LogP contribution is -1.88. The van der Waals surface area contributed by atoms with Crippen molar-refractivity contribution in [3.05, 3.63) is 45.0 Å². The number of thiophene rings is 1. The zero-order valence-electron chi connectivity index (χ0n) is 9.71. The highest BCUT2D eigenvalue weighted by atomic mass is 79.9. The molecule has 1 unspecified atom stereocenters. The Morgan fingerprint density at radius 3 is 2.62 bits per heavy atom. The highest BCUT2D eigenvalue weighted by Crippen LogP contribution is 2.37. The molecular formula is C13H15BrOS. The Morgan fingerprint density at radius 2 is 2.12 bits per heavy atom. The van der Waals surface area contributed by atoms with E-state index in [0.717, 1.165) is 17.9 Å². The van der Waals surface area contributed by atoms with Crippen molar-refractivity contribution in [2.24, 2.45) is 0 Å². The van der Waals surface area contributed by atoms with Crippen LogP contribution in [0.1, 0.15) is 38.6 Å². The van der Waals surface area contributed by atoms with Gasteiger partial charge in [-0.2, -0.15) is 0 Å². The van der Waals surface area contributed by atoms with Crippen LogP contribution in [-0.2, 0) is 6.42 Å². The fraction of sp³-hybridized carbons (Fsp3) is 0.385. The van der Waals surface area contributed by atoms with Crippen molar-refractivity contribution < 1.29 is 4.42 Å². The zero-order chi connectivity index (χ0) is 11.7. The van der Waals surface area contributed by atoms with E-state index in [1.54, 1.807) is 0 Å². The van der Waals surface area contributed by atoms with Crippen LogP contribution in [0.25, 0.3) is 0 Å². The summed E-state index contributed by atoms with van der Waals surface area (Å²) in [5.41, 5.74) is 1.24. The van der Waals surface area contributed by atoms with Gasteiger partial charge in [0, 0.05) is 15.3 Å². The minimum atomic E-state index is 0.259. The maximum atomic E-state index is 5.56. The van der Waals surface area contributed by atoms with Crippen LogP contribution >= 0.6 is 27.3 Å². The van der Waals surface area contributed by atoms with Crippen LogP contribution in [0.2, 0.25) is 0 Å². The van der Waals surface area contributed by atoms with Crippen molar-refractivity contribution in [2.75, 3.05) is 0 Å². The van der Waals surface area contributed by atoms with E-state index in [1.807, 2.05) is 25.2 Å². The maximum absolute atomic E-state index is 5.56. The first-order valence-corrected chi connectivity index (χ1v) is 7.14. The quantitative estimate of drug-likeness (QED) is 0.727. The standard InChI is InChI=1S/C13H15BrOS/c1-4-10-5-6-12(16-10)13(14)11-7-8(2)15-9(11)3/h5-7,13H,4H2,1-3H3. The van der Waals surface area contributed by atoms with Gasteiger partial charge in [0.2, 0.25) is 0 Å². The van der Waals surface area contributed by atoms with E-state index in [4.69, 9.17) is 4.42 Å². The highest BCUT2D eigenvalue weighted by Gasteiger charge is 2.17. The number of hydrogen-bond acceptors (Lipinski definition) is 2. The Bertz CT molecular complexity index is 484. The summed E-state index contributed by atoms with van der Waals surface area (Å²) in [6.07, 6.45) is 1.10. The summed E-state index contributed by atoms with van der Waals surface area (Å²) in [4.78, 5) is 3.04. The zero-order valence-corrected chi connectivity index (χ0v) is 12.1. The van der Waals surface area contributed by atoms with Crippen molar-refractivity contribution >= 4 is 27.3 Å². The van der Waals surface area contributed by atoms with Gasteiger partial charge in [0.25, 0.3) is 0 Å². The molecule has 1 atom stereocenters. The molecule has 0 spiro atoms. The molecule has 0 bridgehead atoms. The molecule has 16 heavy (non-hydrogen) atoms. The molecule has 2 rings (SSSR count). The minimum Gasteiger partial charge on any atom is -0.466 e. The van der Waals surface area contributed by atoms with Gasteiger partial charge >= 0.3 is 0 Å². The molecule has 0 aliphatic heterocycles. The molecule has 0 aliphatic carbocycles. The second-order valence-electron chi connectivity index (χ2n) is 3.89. The fourth-order valence-electron chi connectivity index (χ4n) is 1.78. The minimum absolute atomic E-state index is 0.259. The van der Waals surface area contributed by atoms with Gasteiger partial charge in [0.1, 0.15) is 11.5 Å². The third kappa shape index (κ3) is 2.25. The summed E-state index contributed by atoms with van der Waals surface area (Å²) in [7, 11) is 0. The lowest BCUT2D eigenvalue weighted by molar-refractivity contribution is 0.502. The largest absolute Gasteiger partial charge is 0.466 e. The molecule has 1 nitrogen and oxygen atoms in total. The predicted octanol–water partition coefficient (Wildman–Crippen LogP) is 5.00. The first kappa shape index (κ1) is 11.9. The van der Waals surface area contributed by atoms with Crippen LogP contribution in [0.5, 0.6) is 0 Å². The maximum Gasteiger partial charge on any atom is 0.105 e. The first-order valence-electron chi connectivity index (χ1n) is 5.41. The molecule has 2 aromatic rings. The number of halogens is 1. The third-order valence-corrected chi connectivity index (χ3v) is 5.22. The summed E-state index contributed by atoms with van der Waals surface area (Å²) in [6.45, 7) is 6.19. The molecule has 86 valence electrons. The normalized spacial score (nSPS) is 13.0. The van der Waals surface area contributed by atoms with Gasteiger partial charge in [-0.25, -0.2) is 0 Å². The Balaban J connectivity index is 2.31. The lowest BCUT2D eigenvalue weighted by Gasteiger charge is -2.05. The van der Waals surface area contributed by atoms with Crippen LogP contribution in [0.15, 0.2) is 22.6 Å². The molecule has 3 heteroatoms. The first-order chi connectivity index (χ1) is 7.61. The third-order valence-electron chi connectivity index (χ3n) is 2.63. The van der Waals surface area contributed by atoms with E-state index < -0.39 is 0 Å². The second kappa shape index (κ2) is 4.76. The Morgan fingerprint density at radius 1 is 1.38 bits per heavy atom. The Labute approximate surface area is 109 Å². The number of hydrogen-bond donors (Lipinski definition) is 0. The van der Waals surface area contributed by atoms with Gasteiger partial charge in [-0.3, -0.25) is 0 Å². The van der Waals surface area contributed by atoms with Crippen LogP contribution < -0.4 is 0 Å². The highest BCUT2D eigenvalue weighted by molar-refractivity contribution is 9.09.